The van der Waals surface area contributed by atoms with Gasteiger partial charge in [0.1, 0.15) is 17.9 Å². The second-order valence-corrected chi connectivity index (χ2v) is 13.7. The van der Waals surface area contributed by atoms with Crippen LogP contribution in [0.2, 0.25) is 5.02 Å². The summed E-state index contributed by atoms with van der Waals surface area (Å²) in [6, 6.07) is 14.2. The van der Waals surface area contributed by atoms with Crippen LogP contribution in [0.4, 0.5) is 16.2 Å². The van der Waals surface area contributed by atoms with Gasteiger partial charge in [-0.2, -0.15) is 5.26 Å². The lowest BCUT2D eigenvalue weighted by Gasteiger charge is -2.45. The molecule has 16 heteroatoms. The van der Waals surface area contributed by atoms with Crippen molar-refractivity contribution < 1.29 is 38.2 Å². The van der Waals surface area contributed by atoms with Gasteiger partial charge in [0, 0.05) is 69.4 Å². The molecule has 0 aliphatic carbocycles. The average molecular weight is 758 g/mol. The normalized spacial score (nSPS) is 19.7. The number of benzene rings is 2. The van der Waals surface area contributed by atoms with Crippen molar-refractivity contribution in [2.45, 2.75) is 57.7 Å². The van der Waals surface area contributed by atoms with Gasteiger partial charge in [-0.25, -0.2) is 9.78 Å². The minimum atomic E-state index is -1.02. The number of anilines is 2. The average Bonchev–Trinajstić information content (AvgIpc) is 3.40. The van der Waals surface area contributed by atoms with Gasteiger partial charge in [0.05, 0.1) is 46.8 Å². The Morgan fingerprint density at radius 3 is 2.41 bits per heavy atom. The van der Waals surface area contributed by atoms with E-state index >= 15 is 0 Å². The molecule has 2 N–H and O–H groups in total. The molecule has 6 amide bonds. The van der Waals surface area contributed by atoms with Crippen LogP contribution < -0.4 is 25.0 Å². The summed E-state index contributed by atoms with van der Waals surface area (Å²) in [5.74, 6) is -1.39. The third-order valence-corrected chi connectivity index (χ3v) is 9.75. The Morgan fingerprint density at radius 2 is 1.70 bits per heavy atom. The fourth-order valence-electron chi connectivity index (χ4n) is 6.61. The lowest BCUT2D eigenvalue weighted by atomic mass is 10.0. The van der Waals surface area contributed by atoms with Crippen LogP contribution >= 0.6 is 11.6 Å². The molecular weight excluding hydrogens is 718 g/mol. The predicted molar refractivity (Wildman–Crippen MR) is 197 cm³/mol. The number of piperazine rings is 1. The highest BCUT2D eigenvalue weighted by Crippen LogP contribution is 2.31. The molecule has 3 aliphatic heterocycles. The molecule has 3 atom stereocenters. The molecule has 6 rings (SSSR count). The number of fused-ring (bicyclic) bond motifs is 1. The van der Waals surface area contributed by atoms with E-state index in [0.717, 1.165) is 10.6 Å². The first-order valence-corrected chi connectivity index (χ1v) is 18.1. The Hall–Kier alpha value is -5.72. The molecule has 1 aromatic heterocycles. The maximum absolute atomic E-state index is 13.2. The maximum Gasteiger partial charge on any atom is 0.322 e. The molecule has 54 heavy (non-hydrogen) atoms. The number of hydrogen-bond donors (Lipinski definition) is 2. The van der Waals surface area contributed by atoms with Gasteiger partial charge >= 0.3 is 6.03 Å². The molecule has 282 valence electrons. The van der Waals surface area contributed by atoms with E-state index in [0.29, 0.717) is 80.3 Å². The molecule has 0 saturated carbocycles. The van der Waals surface area contributed by atoms with Crippen molar-refractivity contribution in [3.63, 3.8) is 0 Å². The summed E-state index contributed by atoms with van der Waals surface area (Å²) in [5.41, 5.74) is 2.24. The maximum atomic E-state index is 13.2. The molecule has 0 bridgehead atoms. The van der Waals surface area contributed by atoms with Crippen molar-refractivity contribution in [2.24, 2.45) is 0 Å². The first-order chi connectivity index (χ1) is 26.0. The molecule has 0 radical (unpaired) electrons. The number of piperidine rings is 1. The van der Waals surface area contributed by atoms with E-state index in [2.05, 4.69) is 26.6 Å². The SMILES string of the molecule is C[C@@H]1CN(c2ccc(C#N)c(Cl)c2)[C@@H](C)CN1C(=O)Nc1ccc(OCCCOCCCOc2ccc3c(c2)C(=O)N(C2CCC(=O)NC2=O)C3=O)nc1. The van der Waals surface area contributed by atoms with E-state index in [1.165, 1.54) is 12.1 Å². The fourth-order valence-corrected chi connectivity index (χ4v) is 6.83. The molecule has 2 saturated heterocycles. The zero-order valence-corrected chi connectivity index (χ0v) is 30.6. The number of rotatable bonds is 13. The number of carbonyl (C=O) groups is 5. The molecule has 2 aromatic carbocycles. The zero-order chi connectivity index (χ0) is 38.4. The number of aromatic nitrogens is 1. The van der Waals surface area contributed by atoms with E-state index in [4.69, 9.17) is 25.8 Å². The molecule has 3 aliphatic rings. The number of carbonyl (C=O) groups excluding carboxylic acids is 5. The fraction of sp³-hybridized carbons (Fsp3) is 0.395. The third kappa shape index (κ3) is 8.56. The van der Waals surface area contributed by atoms with Crippen molar-refractivity contribution in [3.8, 4) is 17.7 Å². The topological polar surface area (TPSA) is 184 Å². The van der Waals surface area contributed by atoms with Crippen LogP contribution in [0.1, 0.15) is 65.8 Å². The Labute approximate surface area is 317 Å². The number of ether oxygens (including phenoxy) is 3. The Bertz CT molecular complexity index is 1970. The number of halogens is 1. The van der Waals surface area contributed by atoms with Gasteiger partial charge in [-0.3, -0.25) is 29.4 Å². The van der Waals surface area contributed by atoms with E-state index < -0.39 is 29.7 Å². The largest absolute Gasteiger partial charge is 0.493 e. The van der Waals surface area contributed by atoms with Gasteiger partial charge in [-0.15, -0.1) is 0 Å². The van der Waals surface area contributed by atoms with Crippen LogP contribution in [0.15, 0.2) is 54.7 Å². The van der Waals surface area contributed by atoms with Gasteiger partial charge in [-0.1, -0.05) is 11.6 Å². The molecule has 1 unspecified atom stereocenters. The quantitative estimate of drug-likeness (QED) is 0.186. The summed E-state index contributed by atoms with van der Waals surface area (Å²) in [4.78, 5) is 71.9. The minimum Gasteiger partial charge on any atom is -0.493 e. The summed E-state index contributed by atoms with van der Waals surface area (Å²) in [6.45, 7) is 6.75. The lowest BCUT2D eigenvalue weighted by molar-refractivity contribution is -0.136. The lowest BCUT2D eigenvalue weighted by Crippen LogP contribution is -2.59. The molecule has 2 fully saturated rings. The summed E-state index contributed by atoms with van der Waals surface area (Å²) in [5, 5.41) is 14.7. The summed E-state index contributed by atoms with van der Waals surface area (Å²) >= 11 is 6.26. The summed E-state index contributed by atoms with van der Waals surface area (Å²) < 4.78 is 17.2. The monoisotopic (exact) mass is 757 g/mol. The predicted octanol–water partition coefficient (Wildman–Crippen LogP) is 4.39. The Balaban J connectivity index is 0.852. The van der Waals surface area contributed by atoms with Gasteiger partial charge in [0.15, 0.2) is 0 Å². The summed E-state index contributed by atoms with van der Waals surface area (Å²) in [7, 11) is 0. The smallest absolute Gasteiger partial charge is 0.322 e. The van der Waals surface area contributed by atoms with Crippen LogP contribution in [0, 0.1) is 11.3 Å². The van der Waals surface area contributed by atoms with Gasteiger partial charge in [0.2, 0.25) is 17.7 Å². The molecular formula is C38H40ClN7O8. The van der Waals surface area contributed by atoms with Crippen LogP contribution in [-0.2, 0) is 14.3 Å². The number of nitriles is 1. The molecule has 15 nitrogen and oxygen atoms in total. The highest BCUT2D eigenvalue weighted by molar-refractivity contribution is 6.32. The van der Waals surface area contributed by atoms with Crippen molar-refractivity contribution in [2.75, 3.05) is 49.7 Å². The van der Waals surface area contributed by atoms with Crippen LogP contribution in [-0.4, -0.2) is 102 Å². The second-order valence-electron chi connectivity index (χ2n) is 13.3. The second kappa shape index (κ2) is 17.0. The van der Waals surface area contributed by atoms with E-state index in [1.807, 2.05) is 19.9 Å². The standard InChI is InChI=1S/C38H40ClN7O8/c1-23-22-45(24(2)21-44(23)27-7-5-25(19-40)31(39)17-27)38(51)42-26-6-12-34(41-20-26)54-16-4-14-52-13-3-15-53-28-8-9-29-30(18-28)37(50)46(36(29)49)32-10-11-33(47)43-35(32)48/h5-9,12,17-18,20,23-24,32H,3-4,10-11,13-16,21-22H2,1-2H3,(H,42,51)(H,43,47,48)/t23-,24+,32?/m0/s1. The van der Waals surface area contributed by atoms with Crippen molar-refractivity contribution in [1.82, 2.24) is 20.1 Å². The van der Waals surface area contributed by atoms with Crippen molar-refractivity contribution >= 4 is 52.6 Å². The van der Waals surface area contributed by atoms with E-state index in [1.54, 1.807) is 41.4 Å². The van der Waals surface area contributed by atoms with Crippen LogP contribution in [0.25, 0.3) is 0 Å². The van der Waals surface area contributed by atoms with Gasteiger partial charge < -0.3 is 29.3 Å². The molecule has 0 spiro atoms. The highest BCUT2D eigenvalue weighted by Gasteiger charge is 2.44. The van der Waals surface area contributed by atoms with E-state index in [-0.39, 0.29) is 42.1 Å². The Kier molecular flexibility index (Phi) is 11.9. The van der Waals surface area contributed by atoms with Crippen LogP contribution in [0.5, 0.6) is 11.6 Å². The third-order valence-electron chi connectivity index (χ3n) is 9.44. The number of pyridine rings is 1. The number of hydrogen-bond acceptors (Lipinski definition) is 11. The first kappa shape index (κ1) is 38.0. The number of urea groups is 1. The van der Waals surface area contributed by atoms with Crippen molar-refractivity contribution in [1.29, 1.82) is 5.26 Å². The zero-order valence-electron chi connectivity index (χ0n) is 29.9. The molecule has 3 aromatic rings. The van der Waals surface area contributed by atoms with Crippen LogP contribution in [0.3, 0.4) is 0 Å². The van der Waals surface area contributed by atoms with Gasteiger partial charge in [0.25, 0.3) is 11.8 Å². The number of imide groups is 2. The number of nitrogens with one attached hydrogen (secondary N) is 2. The van der Waals surface area contributed by atoms with Gasteiger partial charge in [-0.05, 0) is 62.7 Å². The first-order valence-electron chi connectivity index (χ1n) is 17.7. The number of nitrogens with zero attached hydrogens (tertiary/aromatic N) is 5. The highest BCUT2D eigenvalue weighted by atomic mass is 35.5. The minimum absolute atomic E-state index is 0.0303. The summed E-state index contributed by atoms with van der Waals surface area (Å²) in [6.07, 6.45) is 2.91. The van der Waals surface area contributed by atoms with Crippen molar-refractivity contribution in [3.05, 3.63) is 76.4 Å². The van der Waals surface area contributed by atoms with E-state index in [9.17, 15) is 29.2 Å². The molecule has 4 heterocycles. The Morgan fingerprint density at radius 1 is 0.944 bits per heavy atom. The number of amides is 6.